The highest BCUT2D eigenvalue weighted by atomic mass is 35.5. The maximum atomic E-state index is 12.4. The van der Waals surface area contributed by atoms with Gasteiger partial charge in [-0.3, -0.25) is 14.5 Å². The van der Waals surface area contributed by atoms with Gasteiger partial charge in [0.2, 0.25) is 5.91 Å². The van der Waals surface area contributed by atoms with Crippen LogP contribution in [0.25, 0.3) is 11.4 Å². The Morgan fingerprint density at radius 2 is 2.07 bits per heavy atom. The maximum absolute atomic E-state index is 12.4. The molecule has 0 fully saturated rings. The van der Waals surface area contributed by atoms with Gasteiger partial charge in [0.25, 0.3) is 0 Å². The van der Waals surface area contributed by atoms with E-state index in [1.807, 2.05) is 54.0 Å². The first-order valence-electron chi connectivity index (χ1n) is 8.82. The first kappa shape index (κ1) is 20.1. The van der Waals surface area contributed by atoms with E-state index in [0.29, 0.717) is 22.2 Å². The lowest BCUT2D eigenvalue weighted by Gasteiger charge is -2.15. The number of ether oxygens (including phenoxy) is 1. The van der Waals surface area contributed by atoms with Crippen LogP contribution in [0.2, 0.25) is 5.02 Å². The van der Waals surface area contributed by atoms with Gasteiger partial charge in [0.05, 0.1) is 13.2 Å². The fourth-order valence-electron chi connectivity index (χ4n) is 2.87. The summed E-state index contributed by atoms with van der Waals surface area (Å²) in [6.45, 7) is 2.35. The minimum Gasteiger partial charge on any atom is -0.497 e. The number of hydrogen-bond acceptors (Lipinski definition) is 4. The van der Waals surface area contributed by atoms with Gasteiger partial charge in [-0.1, -0.05) is 23.7 Å². The van der Waals surface area contributed by atoms with Crippen molar-refractivity contribution in [3.63, 3.8) is 0 Å². The van der Waals surface area contributed by atoms with E-state index in [2.05, 4.69) is 15.5 Å². The number of amides is 1. The average Bonchev–Trinajstić information content (AvgIpc) is 3.07. The van der Waals surface area contributed by atoms with Crippen molar-refractivity contribution in [2.24, 2.45) is 0 Å². The molecule has 3 rings (SSSR count). The molecule has 0 spiro atoms. The van der Waals surface area contributed by atoms with Crippen molar-refractivity contribution in [2.45, 2.75) is 25.9 Å². The van der Waals surface area contributed by atoms with Crippen LogP contribution in [0.1, 0.15) is 24.9 Å². The molecule has 0 aliphatic rings. The second-order valence-electron chi connectivity index (χ2n) is 6.33. The van der Waals surface area contributed by atoms with Crippen molar-refractivity contribution in [2.75, 3.05) is 7.11 Å². The number of aromatic amines is 1. The number of nitrogens with zero attached hydrogens (tertiary/aromatic N) is 2. The Hall–Kier alpha value is -2.64. The molecule has 0 saturated heterocycles. The smallest absolute Gasteiger partial charge is 0.222 e. The monoisotopic (exact) mass is 416 g/mol. The summed E-state index contributed by atoms with van der Waals surface area (Å²) in [6.07, 6.45) is 0.280. The van der Waals surface area contributed by atoms with E-state index in [1.54, 1.807) is 13.2 Å². The Morgan fingerprint density at radius 1 is 1.32 bits per heavy atom. The van der Waals surface area contributed by atoms with Crippen LogP contribution in [0.4, 0.5) is 0 Å². The molecular weight excluding hydrogens is 396 g/mol. The topological polar surface area (TPSA) is 71.9 Å². The van der Waals surface area contributed by atoms with Crippen LogP contribution in [0.3, 0.4) is 0 Å². The molecule has 3 aromatic rings. The molecule has 1 aromatic heterocycles. The van der Waals surface area contributed by atoms with Gasteiger partial charge in [-0.2, -0.15) is 5.10 Å². The molecule has 1 amide bonds. The zero-order chi connectivity index (χ0) is 20.1. The number of aromatic nitrogens is 3. The third kappa shape index (κ3) is 4.79. The highest BCUT2D eigenvalue weighted by Crippen LogP contribution is 2.21. The van der Waals surface area contributed by atoms with Gasteiger partial charge in [-0.25, -0.2) is 0 Å². The number of benzene rings is 2. The van der Waals surface area contributed by atoms with Crippen molar-refractivity contribution < 1.29 is 9.53 Å². The normalized spacial score (nSPS) is 11.8. The zero-order valence-electron chi connectivity index (χ0n) is 15.6. The lowest BCUT2D eigenvalue weighted by atomic mass is 10.1. The summed E-state index contributed by atoms with van der Waals surface area (Å²) in [6, 6.07) is 14.8. The van der Waals surface area contributed by atoms with Crippen LogP contribution in [0.15, 0.2) is 48.5 Å². The summed E-state index contributed by atoms with van der Waals surface area (Å²) in [5, 5.41) is 10.7. The molecular formula is C20H21ClN4O2S. The summed E-state index contributed by atoms with van der Waals surface area (Å²) < 4.78 is 7.48. The van der Waals surface area contributed by atoms with Crippen molar-refractivity contribution in [3.05, 3.63) is 63.9 Å². The molecule has 146 valence electrons. The average molecular weight is 417 g/mol. The van der Waals surface area contributed by atoms with E-state index >= 15 is 0 Å². The summed E-state index contributed by atoms with van der Waals surface area (Å²) in [5.41, 5.74) is 1.85. The lowest BCUT2D eigenvalue weighted by molar-refractivity contribution is -0.121. The molecule has 0 aliphatic carbocycles. The van der Waals surface area contributed by atoms with E-state index in [4.69, 9.17) is 28.6 Å². The molecule has 1 heterocycles. The highest BCUT2D eigenvalue weighted by molar-refractivity contribution is 7.71. The van der Waals surface area contributed by atoms with Gasteiger partial charge in [-0.05, 0) is 61.1 Å². The van der Waals surface area contributed by atoms with E-state index in [-0.39, 0.29) is 18.4 Å². The van der Waals surface area contributed by atoms with Gasteiger partial charge in [-0.15, -0.1) is 0 Å². The van der Waals surface area contributed by atoms with Crippen molar-refractivity contribution in [1.29, 1.82) is 0 Å². The van der Waals surface area contributed by atoms with Crippen LogP contribution < -0.4 is 10.1 Å². The molecule has 0 saturated carbocycles. The van der Waals surface area contributed by atoms with Crippen molar-refractivity contribution >= 4 is 29.7 Å². The molecule has 0 radical (unpaired) electrons. The summed E-state index contributed by atoms with van der Waals surface area (Å²) in [4.78, 5) is 12.4. The third-order valence-corrected chi connectivity index (χ3v) is 4.94. The van der Waals surface area contributed by atoms with Crippen LogP contribution in [-0.2, 0) is 11.3 Å². The van der Waals surface area contributed by atoms with Crippen LogP contribution in [0.5, 0.6) is 5.75 Å². The predicted octanol–water partition coefficient (Wildman–Crippen LogP) is 4.54. The Morgan fingerprint density at radius 3 is 2.75 bits per heavy atom. The maximum Gasteiger partial charge on any atom is 0.222 e. The number of carbonyl (C=O) groups excluding carboxylic acids is 1. The molecule has 0 aliphatic heterocycles. The molecule has 1 atom stereocenters. The summed E-state index contributed by atoms with van der Waals surface area (Å²) >= 11 is 11.3. The second-order valence-corrected chi connectivity index (χ2v) is 7.15. The molecule has 8 heteroatoms. The molecule has 0 unspecified atom stereocenters. The second kappa shape index (κ2) is 9.03. The Kier molecular flexibility index (Phi) is 6.49. The van der Waals surface area contributed by atoms with E-state index in [0.717, 1.165) is 16.9 Å². The van der Waals surface area contributed by atoms with E-state index in [9.17, 15) is 4.79 Å². The Balaban J connectivity index is 1.66. The van der Waals surface area contributed by atoms with Gasteiger partial charge in [0, 0.05) is 23.6 Å². The molecule has 6 nitrogen and oxygen atoms in total. The molecule has 2 aromatic carbocycles. The minimum absolute atomic E-state index is 0.0729. The largest absolute Gasteiger partial charge is 0.497 e. The quantitative estimate of drug-likeness (QED) is 0.555. The van der Waals surface area contributed by atoms with Crippen molar-refractivity contribution in [3.8, 4) is 17.1 Å². The van der Waals surface area contributed by atoms with Gasteiger partial charge in [0.1, 0.15) is 5.75 Å². The number of methoxy groups -OCH3 is 1. The van der Waals surface area contributed by atoms with Gasteiger partial charge < -0.3 is 10.1 Å². The van der Waals surface area contributed by atoms with E-state index < -0.39 is 0 Å². The number of nitrogens with one attached hydrogen (secondary N) is 2. The summed E-state index contributed by atoms with van der Waals surface area (Å²) in [7, 11) is 1.62. The number of H-pyrrole nitrogens is 1. The SMILES string of the molecule is COc1ccc(-c2n[nH]c(=S)n2CCC(=O)N[C@H](C)c2cccc(Cl)c2)cc1. The number of hydrogen-bond donors (Lipinski definition) is 2. The zero-order valence-corrected chi connectivity index (χ0v) is 17.2. The van der Waals surface area contributed by atoms with E-state index in [1.165, 1.54) is 0 Å². The molecule has 0 bridgehead atoms. The highest BCUT2D eigenvalue weighted by Gasteiger charge is 2.13. The number of carbonyl (C=O) groups is 1. The van der Waals surface area contributed by atoms with Crippen LogP contribution in [0, 0.1) is 4.77 Å². The number of halogens is 1. The summed E-state index contributed by atoms with van der Waals surface area (Å²) in [5.74, 6) is 1.37. The fraction of sp³-hybridized carbons (Fsp3) is 0.250. The minimum atomic E-state index is -0.135. The van der Waals surface area contributed by atoms with Crippen molar-refractivity contribution in [1.82, 2.24) is 20.1 Å². The Labute approximate surface area is 173 Å². The van der Waals surface area contributed by atoms with Crippen LogP contribution in [-0.4, -0.2) is 27.8 Å². The first-order valence-corrected chi connectivity index (χ1v) is 9.61. The molecule has 2 N–H and O–H groups in total. The lowest BCUT2D eigenvalue weighted by Crippen LogP contribution is -2.27. The molecule has 28 heavy (non-hydrogen) atoms. The van der Waals surface area contributed by atoms with Gasteiger partial charge in [0.15, 0.2) is 10.6 Å². The standard InChI is InChI=1S/C20H21ClN4O2S/c1-13(15-4-3-5-16(21)12-15)22-18(26)10-11-25-19(23-24-20(25)28)14-6-8-17(27-2)9-7-14/h3-9,12-13H,10-11H2,1-2H3,(H,22,26)(H,24,28)/t13-/m1/s1. The van der Waals surface area contributed by atoms with Crippen LogP contribution >= 0.6 is 23.8 Å². The number of rotatable bonds is 7. The first-order chi connectivity index (χ1) is 13.5. The predicted molar refractivity (Wildman–Crippen MR) is 112 cm³/mol. The fourth-order valence-corrected chi connectivity index (χ4v) is 3.29. The Bertz CT molecular complexity index is 1010. The van der Waals surface area contributed by atoms with Gasteiger partial charge >= 0.3 is 0 Å². The third-order valence-electron chi connectivity index (χ3n) is 4.40.